The summed E-state index contributed by atoms with van der Waals surface area (Å²) in [6, 6.07) is 24.2. The molecule has 7 aromatic rings. The Balaban J connectivity index is -0.0000000948. The summed E-state index contributed by atoms with van der Waals surface area (Å²) in [5, 5.41) is 16.9. The van der Waals surface area contributed by atoms with E-state index < -0.39 is 65.5 Å². The average Bonchev–Trinajstić information content (AvgIpc) is 1.17. The predicted molar refractivity (Wildman–Crippen MR) is 350 cm³/mol. The van der Waals surface area contributed by atoms with Crippen LogP contribution in [-0.2, 0) is 56.1 Å². The van der Waals surface area contributed by atoms with Crippen LogP contribution in [0.1, 0.15) is 83.3 Å². The smallest absolute Gasteiger partial charge is 1.00 e. The topological polar surface area (TPSA) is 342 Å². The Bertz CT molecular complexity index is 3070. The molecule has 95 heavy (non-hydrogen) atoms. The summed E-state index contributed by atoms with van der Waals surface area (Å²) in [4.78, 5) is 101. The van der Waals surface area contributed by atoms with Gasteiger partial charge in [-0.15, -0.1) is 0 Å². The number of alkyl halides is 3. The molecule has 0 saturated carbocycles. The van der Waals surface area contributed by atoms with E-state index in [2.05, 4.69) is 88.8 Å². The molecule has 0 saturated heterocycles. The van der Waals surface area contributed by atoms with Gasteiger partial charge in [-0.05, 0) is 181 Å². The fraction of sp³-hybridized carbons (Fsp3) is 0.218. The summed E-state index contributed by atoms with van der Waals surface area (Å²) in [7, 11) is 5.51. The van der Waals surface area contributed by atoms with Gasteiger partial charge in [-0.2, -0.15) is 35.1 Å². The quantitative estimate of drug-likeness (QED) is 0.0219. The number of aryl methyl sites for hydroxylation is 2. The first-order valence-corrected chi connectivity index (χ1v) is 28.7. The summed E-state index contributed by atoms with van der Waals surface area (Å²) >= 11 is 9.21. The van der Waals surface area contributed by atoms with Gasteiger partial charge in [0.25, 0.3) is 12.9 Å². The third-order valence-corrected chi connectivity index (χ3v) is 12.4. The summed E-state index contributed by atoms with van der Waals surface area (Å²) in [5.41, 5.74) is 2.17. The number of aromatic carboxylic acids is 1. The van der Waals surface area contributed by atoms with Gasteiger partial charge in [-0.3, -0.25) is 24.2 Å². The first-order chi connectivity index (χ1) is 42.2. The van der Waals surface area contributed by atoms with Crippen LogP contribution in [0.5, 0.6) is 0 Å². The number of esters is 2. The van der Waals surface area contributed by atoms with Crippen molar-refractivity contribution in [2.45, 2.75) is 48.2 Å². The van der Waals surface area contributed by atoms with E-state index in [1.165, 1.54) is 89.3 Å². The Kier molecular flexibility index (Phi) is 90.3. The van der Waals surface area contributed by atoms with Crippen molar-refractivity contribution in [3.8, 4) is 0 Å². The van der Waals surface area contributed by atoms with Gasteiger partial charge in [0.1, 0.15) is 11.1 Å². The Hall–Kier alpha value is -1.74. The van der Waals surface area contributed by atoms with E-state index in [-0.39, 0.29) is 185 Å². The maximum Gasteiger partial charge on any atom is 1.00 e. The maximum absolute atomic E-state index is 12.9. The van der Waals surface area contributed by atoms with Crippen LogP contribution in [0.3, 0.4) is 0 Å². The van der Waals surface area contributed by atoms with Gasteiger partial charge in [0, 0.05) is 61.1 Å². The number of aldehydes is 2. The largest absolute Gasteiger partial charge is 1.00 e. The molecule has 0 fully saturated rings. The summed E-state index contributed by atoms with van der Waals surface area (Å²) in [6.45, 7) is 2.48. The first kappa shape index (κ1) is 115. The molecule has 0 radical (unpaired) electrons. The first-order valence-electron chi connectivity index (χ1n) is 22.7. The summed E-state index contributed by atoms with van der Waals surface area (Å²) in [6.07, 6.45) is 4.78. The van der Waals surface area contributed by atoms with Crippen LogP contribution < -0.4 is 147 Å². The van der Waals surface area contributed by atoms with Gasteiger partial charge in [-0.25, -0.2) is 49.1 Å². The third kappa shape index (κ3) is 61.8. The average molecular weight is 2000 g/mol. The second-order valence-corrected chi connectivity index (χ2v) is 19.7. The fourth-order valence-electron chi connectivity index (χ4n) is 4.52. The van der Waals surface area contributed by atoms with Gasteiger partial charge in [0.05, 0.1) is 63.2 Å². The van der Waals surface area contributed by atoms with Crippen molar-refractivity contribution in [3.63, 3.8) is 0 Å². The van der Waals surface area contributed by atoms with Crippen LogP contribution in [0.2, 0.25) is 0 Å². The molecule has 0 amide bonds. The number of nitrogens with zero attached hydrogens (tertiary/aromatic N) is 6. The van der Waals surface area contributed by atoms with Gasteiger partial charge < -0.3 is 40.2 Å². The molecule has 0 unspecified atom stereocenters. The summed E-state index contributed by atoms with van der Waals surface area (Å²) in [5.74, 6) is -5.61. The van der Waals surface area contributed by atoms with E-state index in [4.69, 9.17) is 34.0 Å². The van der Waals surface area contributed by atoms with Gasteiger partial charge in [0.2, 0.25) is 36.0 Å². The Morgan fingerprint density at radius 3 is 1.26 bits per heavy atom. The van der Waals surface area contributed by atoms with E-state index in [0.717, 1.165) is 25.7 Å². The van der Waals surface area contributed by atoms with Crippen LogP contribution in [0.15, 0.2) is 122 Å². The Labute approximate surface area is 723 Å². The van der Waals surface area contributed by atoms with Crippen LogP contribution in [-0.4, -0.2) is 120 Å². The van der Waals surface area contributed by atoms with Crippen molar-refractivity contribution in [1.29, 1.82) is 0 Å². The molecular formula is C55H59ClF8I5K2N6NaO17. The van der Waals surface area contributed by atoms with E-state index in [1.54, 1.807) is 60.0 Å². The normalized spacial score (nSPS) is 8.56. The third-order valence-electron chi connectivity index (χ3n) is 8.07. The molecule has 1 aromatic carbocycles. The second kappa shape index (κ2) is 74.9. The van der Waals surface area contributed by atoms with Crippen molar-refractivity contribution >= 4 is 156 Å². The Morgan fingerprint density at radius 2 is 0.979 bits per heavy atom. The molecule has 0 atom stereocenters. The number of hydrogen-bond donors (Lipinski definition) is 1. The number of carboxylic acids is 1. The van der Waals surface area contributed by atoms with E-state index in [9.17, 15) is 59.1 Å². The second-order valence-electron chi connectivity index (χ2n) is 13.7. The minimum absolute atomic E-state index is 0. The number of pyridine rings is 6. The number of carbonyl (C=O) groups is 7. The molecule has 0 aliphatic carbocycles. The summed E-state index contributed by atoms with van der Waals surface area (Å²) < 4.78 is 126. The molecule has 0 aliphatic heterocycles. The van der Waals surface area contributed by atoms with Crippen molar-refractivity contribution in [2.75, 3.05) is 35.0 Å². The molecule has 6 heterocycles. The molecule has 0 aliphatic rings. The van der Waals surface area contributed by atoms with E-state index in [0.29, 0.717) is 35.6 Å². The zero-order chi connectivity index (χ0) is 68.8. The molecule has 512 valence electrons. The molecule has 0 bridgehead atoms. The van der Waals surface area contributed by atoms with Crippen molar-refractivity contribution < 1.29 is 262 Å². The number of benzene rings is 1. The van der Waals surface area contributed by atoms with Crippen LogP contribution in [0.4, 0.5) is 35.1 Å². The number of carbonyl (C=O) groups excluding carboxylic acids is 6. The minimum Gasteiger partial charge on any atom is -1.00 e. The van der Waals surface area contributed by atoms with Crippen LogP contribution in [0.25, 0.3) is 0 Å². The van der Waals surface area contributed by atoms with Gasteiger partial charge in [-0.1, -0.05) is 58.7 Å². The molecule has 40 heteroatoms. The van der Waals surface area contributed by atoms with Crippen molar-refractivity contribution in [1.82, 2.24) is 29.9 Å². The number of ether oxygens (including phenoxy) is 3. The van der Waals surface area contributed by atoms with Crippen molar-refractivity contribution in [3.05, 3.63) is 203 Å². The number of halogens is 14. The van der Waals surface area contributed by atoms with Crippen molar-refractivity contribution in [2.24, 2.45) is 0 Å². The van der Waals surface area contributed by atoms with Gasteiger partial charge in [0.15, 0.2) is 6.29 Å². The molecule has 7 rings (SSSR count). The maximum atomic E-state index is 12.9. The van der Waals surface area contributed by atoms with E-state index in [1.807, 2.05) is 92.0 Å². The standard InChI is InChI=1S/C15H14INO2.C7H5FINO2.C6H3FINO2.C6H3FINO.C5H3FIN.C5H4FN.C3H6O2.C2HF3O.C2H6O2.CH2O3.3CH4.ClO2.2K.Na.H/c1-19-15(18)14-12(16)9-10-17-13(14)8-7-11-5-3-2-4-6-11;1-12-7(11)5-4(9)2-3-10-6(5)8;7-5-4(6(10)11)3(8)1-2-9-5;7-6-4(3-10)5(8)1-2-9-6;6-5-3-4(7)1-2-8-5;6-5-3-1-2-4-7-5;1-2-5-3-4;3-2(4,5)1-6;1-3-4-2;2-1-4-3;;;;2-1-3;;;;/h2-6,9-10H,7-8H2,1H3;2-3H,1H3;1-2H,(H,10,11);1-3H;1-3H;1-4H;3H,2H2,1H3;1H;1-2H3;1,3H;3*1H4;;;;;/q;;;;;;;;;;;;;-1;3*+1;-1/p-1. The SMILES string of the molecule is C.C.C.CCOC=O.COC(=O)c1c(I)ccnc1CCc1ccccc1.COC(=O)c1c(I)ccnc1F.COOC.Fc1cc(I)ccn1.Fc1ccccn1.O=C(O)c1c(I)ccnc1F.O=CC(F)(F)F.O=CO[O-].O=Cc1c(I)ccnc1F.[H-].[K+].[K+].[Na+].[O-][Cl+][O-]. The zero-order valence-corrected chi connectivity index (χ0v) is 68.7. The molecule has 0 spiro atoms. The predicted octanol–water partition coefficient (Wildman–Crippen LogP) is 1.29. The number of aromatic nitrogens is 6. The molecule has 1 N–H and O–H groups in total. The number of methoxy groups -OCH3 is 2. The minimum atomic E-state index is -4.64. The monoisotopic (exact) mass is 2000 g/mol. The van der Waals surface area contributed by atoms with Crippen LogP contribution >= 0.6 is 113 Å². The zero-order valence-electron chi connectivity index (χ0n) is 49.9. The fourth-order valence-corrected chi connectivity index (χ4v) is 7.35. The van der Waals surface area contributed by atoms with Gasteiger partial charge >= 0.3 is 156 Å². The molecule has 23 nitrogen and oxygen atoms in total. The molecular weight excluding hydrogens is 1940 g/mol. The van der Waals surface area contributed by atoms with Crippen LogP contribution in [0, 0.1) is 58.9 Å². The molecule has 6 aromatic heterocycles. The number of carboxylic acid groups (broad SMARTS) is 1. The Morgan fingerprint density at radius 1 is 0.579 bits per heavy atom. The number of hydrogen-bond acceptors (Lipinski definition) is 22. The van der Waals surface area contributed by atoms with E-state index >= 15 is 0 Å². The number of rotatable bonds is 11.